The fourth-order valence-electron chi connectivity index (χ4n) is 11.7. The molecule has 3 radical (unpaired) electrons. The van der Waals surface area contributed by atoms with Gasteiger partial charge in [-0.25, -0.2) is 0 Å². The van der Waals surface area contributed by atoms with Crippen molar-refractivity contribution in [1.82, 2.24) is 19.9 Å². The molecule has 0 aliphatic rings. The molecule has 0 saturated carbocycles. The second-order valence-corrected chi connectivity index (χ2v) is 31.4. The molecule has 2 N–H and O–H groups in total. The van der Waals surface area contributed by atoms with E-state index in [0.29, 0.717) is 36.5 Å². The van der Waals surface area contributed by atoms with Crippen LogP contribution in [0, 0.1) is 93.4 Å². The molecule has 11 heteroatoms. The average molecular weight is 2000 g/mol. The summed E-state index contributed by atoms with van der Waals surface area (Å²) in [7, 11) is 0. The Morgan fingerprint density at radius 2 is 0.882 bits per heavy atom. The monoisotopic (exact) mass is 2000 g/mol. The SMILES string of the molecule is CC(C)(C)C(=O)C=C(O)C(C)(C)C.CC(C)CC(=O)/C=C(\O)CC(C)C.Cc1[c-]c(-c2cc(CC(C)C)c3cc(-c4ccc(C)cc4)ccc3n2)cc(C)c1.Cc1[c-]c(-c2cc(CC(C)C)c3ccccc3n2)cc(C)c1.[Ir].[Ir].[Ir].[c-]1ccccc1-c1ccc(-c2ccccc2)cn1.[c-]1ccccc1-c1ccccn1. The predicted molar refractivity (Wildman–Crippen MR) is 450 cm³/mol. The number of carbonyl (C=O) groups excluding carboxylic acids is 2. The normalized spacial score (nSPS) is 11.2. The van der Waals surface area contributed by atoms with Crippen molar-refractivity contribution < 1.29 is 80.1 Å². The van der Waals surface area contributed by atoms with Crippen molar-refractivity contribution in [2.45, 2.75) is 157 Å². The molecule has 4 heterocycles. The summed E-state index contributed by atoms with van der Waals surface area (Å²) in [4.78, 5) is 41.3. The number of aliphatic hydroxyl groups is 2. The third-order valence-corrected chi connectivity index (χ3v) is 17.0. The summed E-state index contributed by atoms with van der Waals surface area (Å²) in [5.74, 6) is 2.29. The molecular formula is C99H110Ir3N4O4-4. The summed E-state index contributed by atoms with van der Waals surface area (Å²) in [5.41, 5.74) is 23.2. The predicted octanol–water partition coefficient (Wildman–Crippen LogP) is 25.9. The van der Waals surface area contributed by atoms with Gasteiger partial charge in [-0.1, -0.05) is 245 Å². The number of rotatable bonds is 16. The zero-order valence-corrected chi connectivity index (χ0v) is 74.8. The molecule has 0 aliphatic carbocycles. The molecule has 110 heavy (non-hydrogen) atoms. The van der Waals surface area contributed by atoms with Crippen LogP contribution in [0.1, 0.15) is 149 Å². The number of nitrogens with zero attached hydrogens (tertiary/aromatic N) is 4. The molecule has 0 bridgehead atoms. The number of ketones is 2. The van der Waals surface area contributed by atoms with Crippen molar-refractivity contribution in [2.75, 3.05) is 0 Å². The molecule has 581 valence electrons. The molecule has 4 aromatic heterocycles. The van der Waals surface area contributed by atoms with Crippen molar-refractivity contribution >= 4 is 33.4 Å². The summed E-state index contributed by atoms with van der Waals surface area (Å²) in [6.07, 6.45) is 9.60. The first-order valence-corrected chi connectivity index (χ1v) is 37.4. The smallest absolute Gasteiger partial charge is 0.164 e. The van der Waals surface area contributed by atoms with Crippen LogP contribution in [0.5, 0.6) is 0 Å². The molecule has 12 aromatic rings. The van der Waals surface area contributed by atoms with E-state index in [9.17, 15) is 19.8 Å². The maximum absolute atomic E-state index is 11.5. The average Bonchev–Trinajstić information content (AvgIpc) is 0.784. The van der Waals surface area contributed by atoms with Gasteiger partial charge in [0.05, 0.1) is 16.8 Å². The Balaban J connectivity index is 0.000000286. The van der Waals surface area contributed by atoms with Gasteiger partial charge in [0.15, 0.2) is 11.6 Å². The summed E-state index contributed by atoms with van der Waals surface area (Å²) in [6, 6.07) is 86.2. The Morgan fingerprint density at radius 3 is 1.35 bits per heavy atom. The summed E-state index contributed by atoms with van der Waals surface area (Å²) in [5, 5.41) is 21.4. The number of hydrogen-bond donors (Lipinski definition) is 2. The first kappa shape index (κ1) is 93.6. The Hall–Kier alpha value is -8.75. The molecule has 0 amide bonds. The largest absolute Gasteiger partial charge is 0.512 e. The van der Waals surface area contributed by atoms with E-state index >= 15 is 0 Å². The van der Waals surface area contributed by atoms with Gasteiger partial charge in [0, 0.05) is 119 Å². The van der Waals surface area contributed by atoms with Crippen LogP contribution in [0.3, 0.4) is 0 Å². The van der Waals surface area contributed by atoms with Crippen molar-refractivity contribution in [3.8, 4) is 67.3 Å². The van der Waals surface area contributed by atoms with E-state index in [1.807, 2.05) is 166 Å². The first-order chi connectivity index (χ1) is 50.8. The Morgan fingerprint density at radius 1 is 0.409 bits per heavy atom. The molecule has 0 spiro atoms. The third kappa shape index (κ3) is 31.2. The van der Waals surface area contributed by atoms with E-state index < -0.39 is 5.41 Å². The van der Waals surface area contributed by atoms with Crippen molar-refractivity contribution in [2.24, 2.45) is 34.5 Å². The standard InChI is InChI=1S/C28H28N.C21H22N.C17H12N.C11H8N.2C11H20O2.3Ir/c1-18(2)12-24-17-28(25-14-20(4)13-21(5)15-25)29-27-11-10-23(16-26(24)27)22-8-6-19(3)7-9-22;1-14(2)9-17-13-21(18-11-15(3)10-16(4)12-18)22-20-8-6-5-7-19(17)20;1-3-7-14(8-4-1)16-11-12-17(18-13-16)15-9-5-2-6-10-15;1-2-6-10(7-3-1)11-8-4-5-9-12-11;1-10(2,3)8(12)7-9(13)11(4,5)6;1-8(2)5-10(12)7-11(13)6-9(3)4;;;/h6-11,13-14,16-18H,12H2,1-5H3;5-8,10-11,13-14H,9H2,1-4H3;1-9,11-13H;1-6,8-9H;7,12H,1-6H3;7-9,12H,5-6H2,1-4H3;;;/q4*-1;;;;;/b;;;;;10-7-;;;. The quantitative estimate of drug-likeness (QED) is 0.0557. The molecule has 8 aromatic carbocycles. The van der Waals surface area contributed by atoms with Crippen LogP contribution in [0.2, 0.25) is 0 Å². The fourth-order valence-corrected chi connectivity index (χ4v) is 11.7. The number of benzene rings is 8. The van der Waals surface area contributed by atoms with Crippen molar-refractivity contribution in [3.05, 3.63) is 312 Å². The fraction of sp³-hybridized carbons (Fsp3) is 0.293. The number of aryl methyl sites for hydroxylation is 5. The van der Waals surface area contributed by atoms with E-state index in [0.717, 1.165) is 85.6 Å². The summed E-state index contributed by atoms with van der Waals surface area (Å²) >= 11 is 0. The minimum absolute atomic E-state index is 0. The van der Waals surface area contributed by atoms with Gasteiger partial charge in [-0.2, -0.15) is 0 Å². The number of hydrogen-bond acceptors (Lipinski definition) is 8. The minimum atomic E-state index is -0.417. The van der Waals surface area contributed by atoms with Gasteiger partial charge in [0.1, 0.15) is 5.76 Å². The second kappa shape index (κ2) is 45.5. The van der Waals surface area contributed by atoms with Crippen LogP contribution in [-0.2, 0) is 82.7 Å². The molecule has 12 rings (SSSR count). The van der Waals surface area contributed by atoms with Crippen LogP contribution in [-0.4, -0.2) is 41.7 Å². The molecular weight excluding hydrogens is 1890 g/mol. The van der Waals surface area contributed by atoms with Crippen LogP contribution in [0.25, 0.3) is 89.1 Å². The molecule has 0 saturated heterocycles. The minimum Gasteiger partial charge on any atom is -0.512 e. The molecule has 0 fully saturated rings. The first-order valence-electron chi connectivity index (χ1n) is 37.4. The maximum atomic E-state index is 11.5. The van der Waals surface area contributed by atoms with Crippen LogP contribution < -0.4 is 0 Å². The van der Waals surface area contributed by atoms with E-state index in [2.05, 4.69) is 218 Å². The molecule has 0 atom stereocenters. The van der Waals surface area contributed by atoms with Gasteiger partial charge in [0.25, 0.3) is 0 Å². The van der Waals surface area contributed by atoms with E-state index in [4.69, 9.17) is 9.97 Å². The number of allylic oxidation sites excluding steroid dienone is 4. The Labute approximate surface area is 698 Å². The Bertz CT molecular complexity index is 4730. The van der Waals surface area contributed by atoms with E-state index in [-0.39, 0.29) is 88.8 Å². The summed E-state index contributed by atoms with van der Waals surface area (Å²) in [6.45, 7) is 38.8. The van der Waals surface area contributed by atoms with Crippen LogP contribution >= 0.6 is 0 Å². The third-order valence-electron chi connectivity index (χ3n) is 17.0. The molecule has 0 unspecified atom stereocenters. The number of carbonyl (C=O) groups is 2. The van der Waals surface area contributed by atoms with Crippen LogP contribution in [0.15, 0.2) is 248 Å². The summed E-state index contributed by atoms with van der Waals surface area (Å²) < 4.78 is 0. The van der Waals surface area contributed by atoms with Crippen LogP contribution in [0.4, 0.5) is 0 Å². The van der Waals surface area contributed by atoms with Gasteiger partial charge in [0.2, 0.25) is 0 Å². The van der Waals surface area contributed by atoms with Crippen molar-refractivity contribution in [1.29, 1.82) is 0 Å². The zero-order chi connectivity index (χ0) is 78.0. The number of aliphatic hydroxyl groups excluding tert-OH is 2. The van der Waals surface area contributed by atoms with Gasteiger partial charge in [-0.05, 0) is 124 Å². The van der Waals surface area contributed by atoms with Gasteiger partial charge in [-0.3, -0.25) is 19.6 Å². The number of fused-ring (bicyclic) bond motifs is 2. The zero-order valence-electron chi connectivity index (χ0n) is 67.7. The number of para-hydroxylation sites is 1. The van der Waals surface area contributed by atoms with Gasteiger partial charge < -0.3 is 20.2 Å². The van der Waals surface area contributed by atoms with E-state index in [1.165, 1.54) is 67.4 Å². The second-order valence-electron chi connectivity index (χ2n) is 31.4. The van der Waals surface area contributed by atoms with Gasteiger partial charge >= 0.3 is 0 Å². The molecule has 8 nitrogen and oxygen atoms in total. The van der Waals surface area contributed by atoms with Crippen molar-refractivity contribution in [3.63, 3.8) is 0 Å². The maximum Gasteiger partial charge on any atom is 0.164 e. The number of aromatic nitrogens is 4. The topological polar surface area (TPSA) is 126 Å². The molecule has 0 aliphatic heterocycles. The van der Waals surface area contributed by atoms with E-state index in [1.54, 1.807) is 6.20 Å². The van der Waals surface area contributed by atoms with Gasteiger partial charge in [-0.15, -0.1) is 142 Å². The number of pyridine rings is 4. The Kier molecular flexibility index (Phi) is 38.8.